The molecular formula is C18H24N4O2. The molecule has 3 amide bonds. The van der Waals surface area contributed by atoms with Crippen molar-refractivity contribution >= 4 is 11.9 Å². The molecule has 1 aromatic rings. The number of likely N-dealkylation sites (tertiary alicyclic amines) is 1. The monoisotopic (exact) mass is 328 g/mol. The summed E-state index contributed by atoms with van der Waals surface area (Å²) in [5.74, 6) is 0.367. The SMILES string of the molecule is O=C(c1ccccn1)N1C[C@@H]2CC[C@H](C1)N(C(=O)N1CCCC1)C2. The number of nitrogens with zero attached hydrogens (tertiary/aromatic N) is 4. The normalized spacial score (nSPS) is 26.6. The number of hydrogen-bond acceptors (Lipinski definition) is 3. The van der Waals surface area contributed by atoms with E-state index >= 15 is 0 Å². The third-order valence-corrected chi connectivity index (χ3v) is 5.51. The van der Waals surface area contributed by atoms with Gasteiger partial charge in [-0.3, -0.25) is 9.78 Å². The highest BCUT2D eigenvalue weighted by atomic mass is 16.2. The number of rotatable bonds is 1. The van der Waals surface area contributed by atoms with Crippen LogP contribution in [0.5, 0.6) is 0 Å². The van der Waals surface area contributed by atoms with Gasteiger partial charge in [0, 0.05) is 38.9 Å². The summed E-state index contributed by atoms with van der Waals surface area (Å²) in [6.45, 7) is 3.90. The fraction of sp³-hybridized carbons (Fsp3) is 0.611. The maximum atomic E-state index is 12.8. The second-order valence-electron chi connectivity index (χ2n) is 7.15. The molecule has 128 valence electrons. The molecule has 5 rings (SSSR count). The highest BCUT2D eigenvalue weighted by molar-refractivity contribution is 5.92. The first-order chi connectivity index (χ1) is 11.7. The van der Waals surface area contributed by atoms with Crippen LogP contribution in [0.3, 0.4) is 0 Å². The molecule has 5 heterocycles. The zero-order valence-electron chi connectivity index (χ0n) is 13.9. The number of amides is 3. The van der Waals surface area contributed by atoms with Crippen LogP contribution in [0.1, 0.15) is 36.2 Å². The molecule has 4 fully saturated rings. The molecule has 6 nitrogen and oxygen atoms in total. The molecule has 0 spiro atoms. The van der Waals surface area contributed by atoms with Crippen LogP contribution in [0.2, 0.25) is 0 Å². The Morgan fingerprint density at radius 1 is 1.00 bits per heavy atom. The Morgan fingerprint density at radius 2 is 1.83 bits per heavy atom. The summed E-state index contributed by atoms with van der Waals surface area (Å²) in [7, 11) is 0. The number of hydrogen-bond donors (Lipinski definition) is 0. The lowest BCUT2D eigenvalue weighted by Crippen LogP contribution is -2.52. The molecule has 6 heteroatoms. The molecule has 2 bridgehead atoms. The van der Waals surface area contributed by atoms with Gasteiger partial charge < -0.3 is 14.7 Å². The number of pyridine rings is 1. The van der Waals surface area contributed by atoms with Gasteiger partial charge in [0.2, 0.25) is 0 Å². The number of fused-ring (bicyclic) bond motifs is 4. The molecule has 0 aliphatic carbocycles. The summed E-state index contributed by atoms with van der Waals surface area (Å²) < 4.78 is 0. The molecule has 4 saturated heterocycles. The Bertz CT molecular complexity index is 615. The highest BCUT2D eigenvalue weighted by Gasteiger charge is 2.40. The fourth-order valence-corrected chi connectivity index (χ4v) is 4.22. The van der Waals surface area contributed by atoms with E-state index in [0.29, 0.717) is 18.2 Å². The second kappa shape index (κ2) is 6.42. The quantitative estimate of drug-likeness (QED) is 0.790. The van der Waals surface area contributed by atoms with Crippen molar-refractivity contribution in [3.63, 3.8) is 0 Å². The molecule has 0 aromatic carbocycles. The number of carbonyl (C=O) groups excluding carboxylic acids is 2. The van der Waals surface area contributed by atoms with Gasteiger partial charge in [0.25, 0.3) is 5.91 Å². The van der Waals surface area contributed by atoms with E-state index in [1.165, 1.54) is 0 Å². The molecule has 0 saturated carbocycles. The first kappa shape index (κ1) is 15.4. The van der Waals surface area contributed by atoms with E-state index in [1.54, 1.807) is 12.3 Å². The van der Waals surface area contributed by atoms with Gasteiger partial charge in [0.15, 0.2) is 0 Å². The topological polar surface area (TPSA) is 56.8 Å². The van der Waals surface area contributed by atoms with Crippen molar-refractivity contribution in [2.24, 2.45) is 5.92 Å². The van der Waals surface area contributed by atoms with Crippen LogP contribution in [0, 0.1) is 5.92 Å². The molecule has 0 radical (unpaired) electrons. The third-order valence-electron chi connectivity index (χ3n) is 5.51. The average molecular weight is 328 g/mol. The van der Waals surface area contributed by atoms with E-state index in [1.807, 2.05) is 26.8 Å². The van der Waals surface area contributed by atoms with E-state index in [2.05, 4.69) is 4.98 Å². The minimum atomic E-state index is -0.0111. The van der Waals surface area contributed by atoms with Crippen molar-refractivity contribution in [3.05, 3.63) is 30.1 Å². The summed E-state index contributed by atoms with van der Waals surface area (Å²) in [5.41, 5.74) is 0.496. The number of piperidine rings is 1. The maximum absolute atomic E-state index is 12.8. The first-order valence-corrected chi connectivity index (χ1v) is 8.98. The number of carbonyl (C=O) groups is 2. The highest BCUT2D eigenvalue weighted by Crippen LogP contribution is 2.30. The predicted octanol–water partition coefficient (Wildman–Crippen LogP) is 1.83. The van der Waals surface area contributed by atoms with Crippen molar-refractivity contribution in [2.45, 2.75) is 31.7 Å². The summed E-state index contributed by atoms with van der Waals surface area (Å²) in [6, 6.07) is 5.75. The van der Waals surface area contributed by atoms with Crippen LogP contribution in [-0.2, 0) is 0 Å². The molecule has 4 aliphatic rings. The van der Waals surface area contributed by atoms with Crippen LogP contribution < -0.4 is 0 Å². The van der Waals surface area contributed by atoms with Gasteiger partial charge in [0.1, 0.15) is 5.69 Å². The fourth-order valence-electron chi connectivity index (χ4n) is 4.22. The Balaban J connectivity index is 1.50. The lowest BCUT2D eigenvalue weighted by Gasteiger charge is -2.38. The van der Waals surface area contributed by atoms with E-state index in [0.717, 1.165) is 51.9 Å². The van der Waals surface area contributed by atoms with Gasteiger partial charge in [0.05, 0.1) is 6.04 Å². The van der Waals surface area contributed by atoms with E-state index in [9.17, 15) is 9.59 Å². The molecule has 2 atom stereocenters. The summed E-state index contributed by atoms with van der Waals surface area (Å²) in [5, 5.41) is 0. The van der Waals surface area contributed by atoms with Crippen molar-refractivity contribution in [3.8, 4) is 0 Å². The van der Waals surface area contributed by atoms with Gasteiger partial charge in [-0.25, -0.2) is 4.79 Å². The van der Waals surface area contributed by atoms with Gasteiger partial charge in [-0.15, -0.1) is 0 Å². The molecule has 0 unspecified atom stereocenters. The van der Waals surface area contributed by atoms with Crippen molar-refractivity contribution < 1.29 is 9.59 Å². The number of aromatic nitrogens is 1. The molecule has 1 aromatic heterocycles. The van der Waals surface area contributed by atoms with E-state index in [4.69, 9.17) is 0 Å². The Labute approximate surface area is 142 Å². The Kier molecular flexibility index (Phi) is 4.12. The van der Waals surface area contributed by atoms with Crippen LogP contribution in [0.4, 0.5) is 4.79 Å². The molecule has 4 aliphatic heterocycles. The molecular weight excluding hydrogens is 304 g/mol. The largest absolute Gasteiger partial charge is 0.335 e. The van der Waals surface area contributed by atoms with Crippen LogP contribution in [0.25, 0.3) is 0 Å². The zero-order chi connectivity index (χ0) is 16.5. The summed E-state index contributed by atoms with van der Waals surface area (Å²) >= 11 is 0. The van der Waals surface area contributed by atoms with Gasteiger partial charge in [-0.1, -0.05) is 6.07 Å². The standard InChI is InChI=1S/C18H24N4O2/c23-17(16-5-1-2-8-19-16)21-11-14-6-7-15(13-21)22(12-14)18(24)20-9-3-4-10-20/h1-2,5,8,14-15H,3-4,6-7,9-13H2/t14-,15+/m0/s1. The minimum Gasteiger partial charge on any atom is -0.335 e. The molecule has 0 N–H and O–H groups in total. The smallest absolute Gasteiger partial charge is 0.320 e. The van der Waals surface area contributed by atoms with Crippen LogP contribution in [0.15, 0.2) is 24.4 Å². The number of urea groups is 1. The molecule has 24 heavy (non-hydrogen) atoms. The van der Waals surface area contributed by atoms with Crippen LogP contribution >= 0.6 is 0 Å². The van der Waals surface area contributed by atoms with Crippen molar-refractivity contribution in [1.29, 1.82) is 0 Å². The Morgan fingerprint density at radius 3 is 2.58 bits per heavy atom. The van der Waals surface area contributed by atoms with E-state index < -0.39 is 0 Å². The first-order valence-electron chi connectivity index (χ1n) is 8.98. The van der Waals surface area contributed by atoms with Crippen LogP contribution in [-0.4, -0.2) is 70.4 Å². The van der Waals surface area contributed by atoms with Gasteiger partial charge in [-0.05, 0) is 43.7 Å². The maximum Gasteiger partial charge on any atom is 0.320 e. The predicted molar refractivity (Wildman–Crippen MR) is 89.6 cm³/mol. The zero-order valence-corrected chi connectivity index (χ0v) is 13.9. The van der Waals surface area contributed by atoms with E-state index in [-0.39, 0.29) is 18.0 Å². The Hall–Kier alpha value is -2.11. The average Bonchev–Trinajstić information content (AvgIpc) is 3.01. The second-order valence-corrected chi connectivity index (χ2v) is 7.15. The van der Waals surface area contributed by atoms with Gasteiger partial charge >= 0.3 is 6.03 Å². The summed E-state index contributed by atoms with van der Waals surface area (Å²) in [6.07, 6.45) is 5.97. The summed E-state index contributed by atoms with van der Waals surface area (Å²) in [4.78, 5) is 35.7. The minimum absolute atomic E-state index is 0.0111. The lowest BCUT2D eigenvalue weighted by molar-refractivity contribution is 0.0732. The van der Waals surface area contributed by atoms with Crippen molar-refractivity contribution in [1.82, 2.24) is 19.7 Å². The van der Waals surface area contributed by atoms with Gasteiger partial charge in [-0.2, -0.15) is 0 Å². The van der Waals surface area contributed by atoms with Crippen molar-refractivity contribution in [2.75, 3.05) is 32.7 Å². The third kappa shape index (κ3) is 2.85. The lowest BCUT2D eigenvalue weighted by atomic mass is 9.95.